The van der Waals surface area contributed by atoms with Crippen LogP contribution in [-0.4, -0.2) is 16.8 Å². The quantitative estimate of drug-likeness (QED) is 0.908. The molecule has 0 amide bonds. The van der Waals surface area contributed by atoms with Crippen molar-refractivity contribution in [1.29, 1.82) is 0 Å². The maximum atomic E-state index is 12.8. The van der Waals surface area contributed by atoms with E-state index in [-0.39, 0.29) is 23.7 Å². The summed E-state index contributed by atoms with van der Waals surface area (Å²) in [4.78, 5) is 0. The van der Waals surface area contributed by atoms with E-state index in [0.29, 0.717) is 0 Å². The van der Waals surface area contributed by atoms with Crippen molar-refractivity contribution in [2.24, 2.45) is 0 Å². The molecule has 0 fully saturated rings. The molecule has 2 N–H and O–H groups in total. The van der Waals surface area contributed by atoms with Gasteiger partial charge in [0.1, 0.15) is 24.2 Å². The molecule has 1 unspecified atom stereocenters. The zero-order valence-corrected chi connectivity index (χ0v) is 10.8. The van der Waals surface area contributed by atoms with Gasteiger partial charge in [-0.25, -0.2) is 0 Å². The highest BCUT2D eigenvalue weighted by Gasteiger charge is 2.34. The van der Waals surface area contributed by atoms with Gasteiger partial charge in [-0.2, -0.15) is 13.2 Å². The summed E-state index contributed by atoms with van der Waals surface area (Å²) in [6, 6.07) is 10.6. The summed E-state index contributed by atoms with van der Waals surface area (Å²) < 4.78 is 43.7. The fourth-order valence-corrected chi connectivity index (χ4v) is 1.88. The Morgan fingerprint density at radius 2 is 1.76 bits per heavy atom. The van der Waals surface area contributed by atoms with Gasteiger partial charge in [-0.1, -0.05) is 24.3 Å². The van der Waals surface area contributed by atoms with Crippen LogP contribution in [0.15, 0.2) is 48.5 Å². The summed E-state index contributed by atoms with van der Waals surface area (Å²) in [6.07, 6.45) is -5.96. The van der Waals surface area contributed by atoms with Gasteiger partial charge in [0.05, 0.1) is 5.56 Å². The third-order valence-corrected chi connectivity index (χ3v) is 2.85. The normalized spacial score (nSPS) is 13.0. The van der Waals surface area contributed by atoms with E-state index >= 15 is 0 Å². The number of phenolic OH excluding ortho intramolecular Hbond substituents is 1. The molecule has 6 heteroatoms. The van der Waals surface area contributed by atoms with Crippen LogP contribution >= 0.6 is 0 Å². The van der Waals surface area contributed by atoms with Crippen molar-refractivity contribution in [2.45, 2.75) is 12.3 Å². The van der Waals surface area contributed by atoms with Crippen molar-refractivity contribution in [3.63, 3.8) is 0 Å². The van der Waals surface area contributed by atoms with Gasteiger partial charge in [0, 0.05) is 6.07 Å². The molecule has 0 saturated carbocycles. The molecular formula is C15H13F3O3. The molecule has 0 aliphatic carbocycles. The van der Waals surface area contributed by atoms with Gasteiger partial charge in [-0.15, -0.1) is 0 Å². The van der Waals surface area contributed by atoms with E-state index in [1.165, 1.54) is 42.5 Å². The molecule has 0 saturated heterocycles. The van der Waals surface area contributed by atoms with E-state index in [4.69, 9.17) is 4.74 Å². The smallest absolute Gasteiger partial charge is 0.416 e. The molecular weight excluding hydrogens is 285 g/mol. The van der Waals surface area contributed by atoms with Crippen molar-refractivity contribution in [3.8, 4) is 11.5 Å². The number of hydrogen-bond acceptors (Lipinski definition) is 3. The highest BCUT2D eigenvalue weighted by molar-refractivity contribution is 5.33. The Labute approximate surface area is 119 Å². The number of ether oxygens (including phenoxy) is 1. The molecule has 0 aliphatic heterocycles. The SMILES string of the molecule is Oc1cccc(OCC(O)c2ccccc2C(F)(F)F)c1. The average Bonchev–Trinajstić information content (AvgIpc) is 2.44. The number of hydrogen-bond donors (Lipinski definition) is 2. The first kappa shape index (κ1) is 15.2. The first-order valence-corrected chi connectivity index (χ1v) is 6.14. The van der Waals surface area contributed by atoms with Gasteiger partial charge >= 0.3 is 6.18 Å². The molecule has 0 heterocycles. The van der Waals surface area contributed by atoms with Crippen LogP contribution in [0.3, 0.4) is 0 Å². The second-order valence-corrected chi connectivity index (χ2v) is 4.41. The lowest BCUT2D eigenvalue weighted by atomic mass is 10.0. The first-order valence-electron chi connectivity index (χ1n) is 6.14. The molecule has 21 heavy (non-hydrogen) atoms. The fraction of sp³-hybridized carbons (Fsp3) is 0.200. The molecule has 0 aromatic heterocycles. The topological polar surface area (TPSA) is 49.7 Å². The third-order valence-electron chi connectivity index (χ3n) is 2.85. The molecule has 0 spiro atoms. The number of aromatic hydroxyl groups is 1. The van der Waals surface area contributed by atoms with Crippen LogP contribution in [0.4, 0.5) is 13.2 Å². The van der Waals surface area contributed by atoms with Crippen molar-refractivity contribution in [1.82, 2.24) is 0 Å². The van der Waals surface area contributed by atoms with E-state index in [1.807, 2.05) is 0 Å². The molecule has 0 aliphatic rings. The molecule has 2 rings (SSSR count). The number of aliphatic hydroxyl groups is 1. The summed E-state index contributed by atoms with van der Waals surface area (Å²) in [5.41, 5.74) is -1.14. The monoisotopic (exact) mass is 298 g/mol. The lowest BCUT2D eigenvalue weighted by Crippen LogP contribution is -2.16. The minimum absolute atomic E-state index is 0.0299. The van der Waals surface area contributed by atoms with Crippen LogP contribution in [-0.2, 0) is 6.18 Å². The van der Waals surface area contributed by atoms with Crippen molar-refractivity contribution < 1.29 is 28.1 Å². The van der Waals surface area contributed by atoms with Gasteiger partial charge in [0.25, 0.3) is 0 Å². The van der Waals surface area contributed by atoms with Gasteiger partial charge in [0.15, 0.2) is 0 Å². The Bertz CT molecular complexity index is 611. The van der Waals surface area contributed by atoms with Gasteiger partial charge in [0.2, 0.25) is 0 Å². The second kappa shape index (κ2) is 6.05. The van der Waals surface area contributed by atoms with Gasteiger partial charge < -0.3 is 14.9 Å². The maximum absolute atomic E-state index is 12.8. The number of alkyl halides is 3. The molecule has 2 aromatic rings. The number of aliphatic hydroxyl groups excluding tert-OH is 1. The zero-order valence-electron chi connectivity index (χ0n) is 10.8. The Kier molecular flexibility index (Phi) is 4.37. The highest BCUT2D eigenvalue weighted by Crippen LogP contribution is 2.34. The first-order chi connectivity index (χ1) is 9.88. The Hall–Kier alpha value is -2.21. The van der Waals surface area contributed by atoms with E-state index in [1.54, 1.807) is 0 Å². The van der Waals surface area contributed by atoms with Crippen LogP contribution < -0.4 is 4.74 Å². The number of rotatable bonds is 4. The fourth-order valence-electron chi connectivity index (χ4n) is 1.88. The predicted octanol–water partition coefficient (Wildman–Crippen LogP) is 3.52. The van der Waals surface area contributed by atoms with E-state index in [9.17, 15) is 23.4 Å². The number of halogens is 3. The predicted molar refractivity (Wildman–Crippen MR) is 70.0 cm³/mol. The molecule has 1 atom stereocenters. The molecule has 2 aromatic carbocycles. The largest absolute Gasteiger partial charge is 0.508 e. The average molecular weight is 298 g/mol. The lowest BCUT2D eigenvalue weighted by Gasteiger charge is -2.18. The van der Waals surface area contributed by atoms with Crippen molar-refractivity contribution >= 4 is 0 Å². The minimum Gasteiger partial charge on any atom is -0.508 e. The summed E-state index contributed by atoms with van der Waals surface area (Å²) in [5.74, 6) is 0.233. The Morgan fingerprint density at radius 1 is 1.05 bits per heavy atom. The minimum atomic E-state index is -4.54. The lowest BCUT2D eigenvalue weighted by molar-refractivity contribution is -0.139. The van der Waals surface area contributed by atoms with Gasteiger partial charge in [-0.3, -0.25) is 0 Å². The van der Waals surface area contributed by atoms with Crippen LogP contribution in [0.1, 0.15) is 17.2 Å². The molecule has 112 valence electrons. The molecule has 0 bridgehead atoms. The zero-order chi connectivity index (χ0) is 15.5. The number of phenols is 1. The van der Waals surface area contributed by atoms with E-state index in [2.05, 4.69) is 0 Å². The summed E-state index contributed by atoms with van der Waals surface area (Å²) in [5, 5.41) is 19.2. The standard InChI is InChI=1S/C15H13F3O3/c16-15(17,18)13-7-2-1-6-12(13)14(20)9-21-11-5-3-4-10(19)8-11/h1-8,14,19-20H,9H2. The van der Waals surface area contributed by atoms with Crippen LogP contribution in [0.25, 0.3) is 0 Å². The van der Waals surface area contributed by atoms with Crippen LogP contribution in [0.5, 0.6) is 11.5 Å². The highest BCUT2D eigenvalue weighted by atomic mass is 19.4. The van der Waals surface area contributed by atoms with Gasteiger partial charge in [-0.05, 0) is 23.8 Å². The van der Waals surface area contributed by atoms with Crippen molar-refractivity contribution in [3.05, 3.63) is 59.7 Å². The van der Waals surface area contributed by atoms with Crippen molar-refractivity contribution in [2.75, 3.05) is 6.61 Å². The molecule has 3 nitrogen and oxygen atoms in total. The third kappa shape index (κ3) is 3.88. The van der Waals surface area contributed by atoms with Crippen LogP contribution in [0, 0.1) is 0 Å². The summed E-state index contributed by atoms with van der Waals surface area (Å²) in [7, 11) is 0. The number of benzene rings is 2. The maximum Gasteiger partial charge on any atom is 0.416 e. The Morgan fingerprint density at radius 3 is 2.43 bits per heavy atom. The van der Waals surface area contributed by atoms with Crippen LogP contribution in [0.2, 0.25) is 0 Å². The van der Waals surface area contributed by atoms with E-state index < -0.39 is 17.8 Å². The van der Waals surface area contributed by atoms with E-state index in [0.717, 1.165) is 6.07 Å². The summed E-state index contributed by atoms with van der Waals surface area (Å²) in [6.45, 7) is -0.351. The summed E-state index contributed by atoms with van der Waals surface area (Å²) >= 11 is 0. The second-order valence-electron chi connectivity index (χ2n) is 4.41. The molecule has 0 radical (unpaired) electrons. The Balaban J connectivity index is 2.12.